The number of hydrogen-bond donors (Lipinski definition) is 0. The van der Waals surface area contributed by atoms with Crippen LogP contribution in [0.4, 0.5) is 0 Å². The quantitative estimate of drug-likeness (QED) is 0.201. The third-order valence-electron chi connectivity index (χ3n) is 9.77. The van der Waals surface area contributed by atoms with Crippen LogP contribution in [0, 0.1) is 0 Å². The molecule has 8 aromatic rings. The van der Waals surface area contributed by atoms with Gasteiger partial charge in [-0.1, -0.05) is 135 Å². The van der Waals surface area contributed by atoms with Gasteiger partial charge in [0.05, 0.1) is 11.4 Å². The standard InChI is InChI=1S/C44H31N3/c1-44(2)38-24-21-28-12-6-7-16-31(28)41(38)37-20-10-19-36(42(37)44)34-22-23-35(33-18-9-8-17-32(33)34)40-26-39(30-15-11-25-45-27-30)46-43(47-40)29-13-4-3-5-14-29/h3-27H,1-2H3. The van der Waals surface area contributed by atoms with Crippen LogP contribution >= 0.6 is 0 Å². The van der Waals surface area contributed by atoms with Gasteiger partial charge < -0.3 is 0 Å². The van der Waals surface area contributed by atoms with Gasteiger partial charge in [0.15, 0.2) is 5.82 Å². The number of rotatable bonds is 4. The SMILES string of the molecule is CC1(C)c2ccc3ccccc3c2-c2cccc(-c3ccc(-c4cc(-c5cccnc5)nc(-c5ccccc5)n4)c4ccccc34)c21. The Morgan fingerprint density at radius 2 is 1.17 bits per heavy atom. The average molecular weight is 602 g/mol. The van der Waals surface area contributed by atoms with E-state index in [1.54, 1.807) is 6.20 Å². The minimum Gasteiger partial charge on any atom is -0.264 e. The van der Waals surface area contributed by atoms with Crippen LogP contribution in [0.25, 0.3) is 77.7 Å². The molecule has 0 fully saturated rings. The molecule has 47 heavy (non-hydrogen) atoms. The van der Waals surface area contributed by atoms with Crippen LogP contribution in [0.2, 0.25) is 0 Å². The van der Waals surface area contributed by atoms with Crippen LogP contribution in [-0.4, -0.2) is 15.0 Å². The Hall–Kier alpha value is -5.93. The van der Waals surface area contributed by atoms with Crippen molar-refractivity contribution in [2.45, 2.75) is 19.3 Å². The monoisotopic (exact) mass is 601 g/mol. The molecule has 0 N–H and O–H groups in total. The number of nitrogens with zero attached hydrogens (tertiary/aromatic N) is 3. The molecule has 3 heteroatoms. The molecule has 0 saturated heterocycles. The summed E-state index contributed by atoms with van der Waals surface area (Å²) in [6.07, 6.45) is 3.65. The van der Waals surface area contributed by atoms with Crippen LogP contribution in [0.3, 0.4) is 0 Å². The molecular formula is C44H31N3. The van der Waals surface area contributed by atoms with Crippen LogP contribution in [0.15, 0.2) is 152 Å². The fourth-order valence-electron chi connectivity index (χ4n) is 7.60. The predicted molar refractivity (Wildman–Crippen MR) is 194 cm³/mol. The van der Waals surface area contributed by atoms with E-state index in [1.807, 2.05) is 36.5 Å². The van der Waals surface area contributed by atoms with Gasteiger partial charge in [0.1, 0.15) is 0 Å². The number of hydrogen-bond acceptors (Lipinski definition) is 3. The zero-order chi connectivity index (χ0) is 31.5. The number of fused-ring (bicyclic) bond motifs is 6. The van der Waals surface area contributed by atoms with Gasteiger partial charge in [0.25, 0.3) is 0 Å². The molecular weight excluding hydrogens is 571 g/mol. The Kier molecular flexibility index (Phi) is 6.16. The van der Waals surface area contributed by atoms with Gasteiger partial charge in [-0.2, -0.15) is 0 Å². The summed E-state index contributed by atoms with van der Waals surface area (Å²) in [7, 11) is 0. The van der Waals surface area contributed by atoms with Gasteiger partial charge in [-0.3, -0.25) is 4.98 Å². The first-order chi connectivity index (χ1) is 23.1. The lowest BCUT2D eigenvalue weighted by Crippen LogP contribution is -2.16. The van der Waals surface area contributed by atoms with Crippen molar-refractivity contribution in [2.75, 3.05) is 0 Å². The Bertz CT molecular complexity index is 2420. The van der Waals surface area contributed by atoms with Crippen LogP contribution in [-0.2, 0) is 5.41 Å². The Balaban J connectivity index is 1.27. The summed E-state index contributed by atoms with van der Waals surface area (Å²) in [6.45, 7) is 4.75. The first-order valence-corrected chi connectivity index (χ1v) is 16.1. The maximum atomic E-state index is 5.16. The molecule has 0 spiro atoms. The lowest BCUT2D eigenvalue weighted by Gasteiger charge is -2.25. The molecule has 0 amide bonds. The van der Waals surface area contributed by atoms with E-state index in [-0.39, 0.29) is 5.41 Å². The summed E-state index contributed by atoms with van der Waals surface area (Å²) in [5.41, 5.74) is 12.6. The molecule has 0 bridgehead atoms. The van der Waals surface area contributed by atoms with Crippen molar-refractivity contribution in [1.29, 1.82) is 0 Å². The highest BCUT2D eigenvalue weighted by Crippen LogP contribution is 2.55. The van der Waals surface area contributed by atoms with Gasteiger partial charge in [0, 0.05) is 34.5 Å². The van der Waals surface area contributed by atoms with Crippen LogP contribution in [0.1, 0.15) is 25.0 Å². The van der Waals surface area contributed by atoms with Crippen molar-refractivity contribution in [2.24, 2.45) is 0 Å². The molecule has 222 valence electrons. The number of benzene rings is 6. The lowest BCUT2D eigenvalue weighted by molar-refractivity contribution is 0.662. The Labute approximate surface area is 274 Å². The highest BCUT2D eigenvalue weighted by molar-refractivity contribution is 6.08. The second-order valence-electron chi connectivity index (χ2n) is 12.8. The summed E-state index contributed by atoms with van der Waals surface area (Å²) in [6, 6.07) is 49.8. The molecule has 3 nitrogen and oxygen atoms in total. The number of pyridine rings is 1. The molecule has 2 heterocycles. The highest BCUT2D eigenvalue weighted by atomic mass is 14.9. The van der Waals surface area contributed by atoms with E-state index in [2.05, 4.69) is 128 Å². The van der Waals surface area contributed by atoms with Gasteiger partial charge in [0.2, 0.25) is 0 Å². The second kappa shape index (κ2) is 10.6. The molecule has 9 rings (SSSR count). The maximum absolute atomic E-state index is 5.16. The normalized spacial score (nSPS) is 13.1. The molecule has 0 saturated carbocycles. The minimum atomic E-state index is -0.152. The summed E-state index contributed by atoms with van der Waals surface area (Å²) >= 11 is 0. The van der Waals surface area contributed by atoms with Crippen molar-refractivity contribution in [1.82, 2.24) is 15.0 Å². The lowest BCUT2D eigenvalue weighted by atomic mass is 9.78. The van der Waals surface area contributed by atoms with Crippen molar-refractivity contribution in [3.8, 4) is 56.2 Å². The Morgan fingerprint density at radius 3 is 1.98 bits per heavy atom. The van der Waals surface area contributed by atoms with Crippen LogP contribution < -0.4 is 0 Å². The summed E-state index contributed by atoms with van der Waals surface area (Å²) in [5, 5.41) is 4.96. The van der Waals surface area contributed by atoms with Gasteiger partial charge in [-0.05, 0) is 73.1 Å². The van der Waals surface area contributed by atoms with Crippen molar-refractivity contribution in [3.63, 3.8) is 0 Å². The van der Waals surface area contributed by atoms with Crippen LogP contribution in [0.5, 0.6) is 0 Å². The Morgan fingerprint density at radius 1 is 0.489 bits per heavy atom. The number of aromatic nitrogens is 3. The third-order valence-corrected chi connectivity index (χ3v) is 9.77. The zero-order valence-electron chi connectivity index (χ0n) is 26.3. The highest BCUT2D eigenvalue weighted by Gasteiger charge is 2.38. The zero-order valence-corrected chi connectivity index (χ0v) is 26.3. The van der Waals surface area contributed by atoms with E-state index in [1.165, 1.54) is 49.5 Å². The van der Waals surface area contributed by atoms with Crippen molar-refractivity contribution < 1.29 is 0 Å². The first kappa shape index (κ1) is 27.4. The fraction of sp³-hybridized carbons (Fsp3) is 0.0682. The first-order valence-electron chi connectivity index (χ1n) is 16.1. The average Bonchev–Trinajstić information content (AvgIpc) is 3.38. The molecule has 1 aliphatic rings. The smallest absolute Gasteiger partial charge is 0.160 e. The van der Waals surface area contributed by atoms with E-state index in [9.17, 15) is 0 Å². The molecule has 0 unspecified atom stereocenters. The maximum Gasteiger partial charge on any atom is 0.160 e. The van der Waals surface area contributed by atoms with Gasteiger partial charge in [-0.15, -0.1) is 0 Å². The van der Waals surface area contributed by atoms with E-state index in [0.29, 0.717) is 5.82 Å². The second-order valence-corrected chi connectivity index (χ2v) is 12.8. The molecule has 0 aliphatic heterocycles. The van der Waals surface area contributed by atoms with Gasteiger partial charge >= 0.3 is 0 Å². The predicted octanol–water partition coefficient (Wildman–Crippen LogP) is 11.2. The van der Waals surface area contributed by atoms with E-state index >= 15 is 0 Å². The molecule has 2 aromatic heterocycles. The summed E-state index contributed by atoms with van der Waals surface area (Å²) < 4.78 is 0. The van der Waals surface area contributed by atoms with Gasteiger partial charge in [-0.25, -0.2) is 9.97 Å². The van der Waals surface area contributed by atoms with Crippen molar-refractivity contribution in [3.05, 3.63) is 163 Å². The molecule has 0 radical (unpaired) electrons. The van der Waals surface area contributed by atoms with E-state index in [0.717, 1.165) is 33.5 Å². The van der Waals surface area contributed by atoms with E-state index < -0.39 is 0 Å². The molecule has 6 aromatic carbocycles. The summed E-state index contributed by atoms with van der Waals surface area (Å²) in [4.78, 5) is 14.5. The fourth-order valence-corrected chi connectivity index (χ4v) is 7.60. The van der Waals surface area contributed by atoms with E-state index in [4.69, 9.17) is 9.97 Å². The summed E-state index contributed by atoms with van der Waals surface area (Å²) in [5.74, 6) is 0.697. The topological polar surface area (TPSA) is 38.7 Å². The third kappa shape index (κ3) is 4.31. The molecule has 1 aliphatic carbocycles. The largest absolute Gasteiger partial charge is 0.264 e. The van der Waals surface area contributed by atoms with Crippen molar-refractivity contribution >= 4 is 21.5 Å². The molecule has 0 atom stereocenters. The minimum absolute atomic E-state index is 0.152.